The topological polar surface area (TPSA) is 49.6 Å². The molecule has 1 amide bonds. The van der Waals surface area contributed by atoms with Gasteiger partial charge in [-0.2, -0.15) is 0 Å². The van der Waals surface area contributed by atoms with E-state index >= 15 is 0 Å². The first-order valence-corrected chi connectivity index (χ1v) is 9.30. The Morgan fingerprint density at radius 3 is 2.60 bits per heavy atom. The van der Waals surface area contributed by atoms with Gasteiger partial charge in [0, 0.05) is 26.2 Å². The van der Waals surface area contributed by atoms with E-state index in [0.717, 1.165) is 52.0 Å². The van der Waals surface area contributed by atoms with Gasteiger partial charge in [0.1, 0.15) is 0 Å². The standard InChI is InChI=1S/C20H33N3O.ClH/c1-4-12-20(3,21)19(24)23(5-2)16-18-11-13-22(15-18)14-17-9-7-6-8-10-17;/h6-10,18H,4-5,11-16,21H2,1-3H3;1H. The van der Waals surface area contributed by atoms with Crippen LogP contribution in [0.2, 0.25) is 0 Å². The summed E-state index contributed by atoms with van der Waals surface area (Å²) in [4.78, 5) is 17.2. The van der Waals surface area contributed by atoms with Gasteiger partial charge >= 0.3 is 0 Å². The van der Waals surface area contributed by atoms with Gasteiger partial charge in [-0.25, -0.2) is 0 Å². The number of carbonyl (C=O) groups excluding carboxylic acids is 1. The van der Waals surface area contributed by atoms with Crippen molar-refractivity contribution in [2.45, 2.75) is 52.1 Å². The fraction of sp³-hybridized carbons (Fsp3) is 0.650. The van der Waals surface area contributed by atoms with Crippen molar-refractivity contribution in [3.8, 4) is 0 Å². The van der Waals surface area contributed by atoms with Crippen molar-refractivity contribution in [3.63, 3.8) is 0 Å². The first kappa shape index (κ1) is 21.9. The van der Waals surface area contributed by atoms with Gasteiger partial charge < -0.3 is 10.6 Å². The van der Waals surface area contributed by atoms with E-state index in [-0.39, 0.29) is 18.3 Å². The highest BCUT2D eigenvalue weighted by atomic mass is 35.5. The molecule has 0 bridgehead atoms. The summed E-state index contributed by atoms with van der Waals surface area (Å²) in [7, 11) is 0. The second-order valence-electron chi connectivity index (χ2n) is 7.39. The molecule has 25 heavy (non-hydrogen) atoms. The highest BCUT2D eigenvalue weighted by Gasteiger charge is 2.33. The molecule has 1 fully saturated rings. The average molecular weight is 368 g/mol. The van der Waals surface area contributed by atoms with Crippen LogP contribution in [0, 0.1) is 5.92 Å². The Balaban J connectivity index is 0.00000312. The molecule has 1 heterocycles. The van der Waals surface area contributed by atoms with E-state index in [1.54, 1.807) is 0 Å². The van der Waals surface area contributed by atoms with Gasteiger partial charge in [-0.05, 0) is 44.7 Å². The molecule has 1 saturated heterocycles. The van der Waals surface area contributed by atoms with Crippen molar-refractivity contribution < 1.29 is 4.79 Å². The average Bonchev–Trinajstić information content (AvgIpc) is 3.00. The predicted molar refractivity (Wildman–Crippen MR) is 107 cm³/mol. The predicted octanol–water partition coefficient (Wildman–Crippen LogP) is 3.30. The SMILES string of the molecule is CCCC(C)(N)C(=O)N(CC)CC1CCN(Cc2ccccc2)C1.Cl. The van der Waals surface area contributed by atoms with Gasteiger partial charge in [0.05, 0.1) is 5.54 Å². The molecule has 0 saturated carbocycles. The highest BCUT2D eigenvalue weighted by molar-refractivity contribution is 5.85. The fourth-order valence-electron chi connectivity index (χ4n) is 3.70. The first-order chi connectivity index (χ1) is 11.5. The quantitative estimate of drug-likeness (QED) is 0.766. The summed E-state index contributed by atoms with van der Waals surface area (Å²) in [5.74, 6) is 0.656. The molecule has 142 valence electrons. The van der Waals surface area contributed by atoms with E-state index < -0.39 is 5.54 Å². The number of carbonyl (C=O) groups is 1. The van der Waals surface area contributed by atoms with E-state index in [1.807, 2.05) is 11.8 Å². The summed E-state index contributed by atoms with van der Waals surface area (Å²) in [6.07, 6.45) is 2.84. The molecule has 1 aliphatic rings. The molecule has 2 atom stereocenters. The fourth-order valence-corrected chi connectivity index (χ4v) is 3.70. The van der Waals surface area contributed by atoms with Crippen molar-refractivity contribution >= 4 is 18.3 Å². The molecule has 0 aliphatic carbocycles. The van der Waals surface area contributed by atoms with Crippen LogP contribution >= 0.6 is 12.4 Å². The van der Waals surface area contributed by atoms with Crippen LogP contribution in [0.1, 0.15) is 45.6 Å². The molecule has 1 aromatic rings. The minimum absolute atomic E-state index is 0. The van der Waals surface area contributed by atoms with Crippen LogP contribution in [0.4, 0.5) is 0 Å². The van der Waals surface area contributed by atoms with Crippen molar-refractivity contribution in [2.24, 2.45) is 11.7 Å². The van der Waals surface area contributed by atoms with Crippen LogP contribution in [0.15, 0.2) is 30.3 Å². The smallest absolute Gasteiger partial charge is 0.242 e. The van der Waals surface area contributed by atoms with E-state index in [0.29, 0.717) is 5.92 Å². The largest absolute Gasteiger partial charge is 0.341 e. The number of likely N-dealkylation sites (tertiary alicyclic amines) is 1. The van der Waals surface area contributed by atoms with Crippen LogP contribution < -0.4 is 5.73 Å². The third kappa shape index (κ3) is 6.28. The second-order valence-corrected chi connectivity index (χ2v) is 7.39. The summed E-state index contributed by atoms with van der Waals surface area (Å²) < 4.78 is 0. The summed E-state index contributed by atoms with van der Waals surface area (Å²) in [6, 6.07) is 10.6. The number of hydrogen-bond donors (Lipinski definition) is 1. The van der Waals surface area contributed by atoms with E-state index in [1.165, 1.54) is 5.56 Å². The molecule has 2 N–H and O–H groups in total. The van der Waals surface area contributed by atoms with Crippen LogP contribution in [0.25, 0.3) is 0 Å². The van der Waals surface area contributed by atoms with Gasteiger partial charge in [0.15, 0.2) is 0 Å². The van der Waals surface area contributed by atoms with Crippen LogP contribution in [0.5, 0.6) is 0 Å². The maximum absolute atomic E-state index is 12.7. The normalized spacial score (nSPS) is 19.9. The molecule has 0 spiro atoms. The lowest BCUT2D eigenvalue weighted by Gasteiger charge is -2.32. The summed E-state index contributed by atoms with van der Waals surface area (Å²) in [6.45, 7) is 10.7. The molecule has 2 rings (SSSR count). The van der Waals surface area contributed by atoms with Gasteiger partial charge in [-0.1, -0.05) is 43.7 Å². The van der Waals surface area contributed by atoms with E-state index in [4.69, 9.17) is 5.73 Å². The number of halogens is 1. The second kappa shape index (κ2) is 10.1. The lowest BCUT2D eigenvalue weighted by molar-refractivity contribution is -0.137. The zero-order valence-corrected chi connectivity index (χ0v) is 16.7. The maximum atomic E-state index is 12.7. The molecule has 4 nitrogen and oxygen atoms in total. The number of likely N-dealkylation sites (N-methyl/N-ethyl adjacent to an activating group) is 1. The van der Waals surface area contributed by atoms with Gasteiger partial charge in [-0.15, -0.1) is 12.4 Å². The summed E-state index contributed by atoms with van der Waals surface area (Å²) in [5.41, 5.74) is 6.88. The molecular weight excluding hydrogens is 334 g/mol. The highest BCUT2D eigenvalue weighted by Crippen LogP contribution is 2.21. The van der Waals surface area contributed by atoms with E-state index in [9.17, 15) is 4.79 Å². The lowest BCUT2D eigenvalue weighted by Crippen LogP contribution is -2.54. The van der Waals surface area contributed by atoms with Crippen molar-refractivity contribution in [3.05, 3.63) is 35.9 Å². The Kier molecular flexibility index (Phi) is 8.91. The Morgan fingerprint density at radius 2 is 2.00 bits per heavy atom. The molecule has 1 aromatic carbocycles. The number of nitrogens with zero attached hydrogens (tertiary/aromatic N) is 2. The van der Waals surface area contributed by atoms with Crippen LogP contribution in [0.3, 0.4) is 0 Å². The van der Waals surface area contributed by atoms with Crippen molar-refractivity contribution in [1.29, 1.82) is 0 Å². The molecule has 5 heteroatoms. The summed E-state index contributed by atoms with van der Waals surface area (Å²) >= 11 is 0. The summed E-state index contributed by atoms with van der Waals surface area (Å²) in [5, 5.41) is 0. The first-order valence-electron chi connectivity index (χ1n) is 9.30. The molecule has 1 aliphatic heterocycles. The minimum atomic E-state index is -0.729. The Labute approximate surface area is 159 Å². The molecule has 2 unspecified atom stereocenters. The molecule has 0 aromatic heterocycles. The Hall–Kier alpha value is -1.10. The lowest BCUT2D eigenvalue weighted by atomic mass is 9.95. The third-order valence-electron chi connectivity index (χ3n) is 5.02. The van der Waals surface area contributed by atoms with E-state index in [2.05, 4.69) is 49.1 Å². The molecule has 0 radical (unpaired) electrons. The molecular formula is C20H34ClN3O. The number of benzene rings is 1. The minimum Gasteiger partial charge on any atom is -0.341 e. The monoisotopic (exact) mass is 367 g/mol. The van der Waals surface area contributed by atoms with Crippen LogP contribution in [-0.4, -0.2) is 47.4 Å². The Morgan fingerprint density at radius 1 is 1.32 bits per heavy atom. The third-order valence-corrected chi connectivity index (χ3v) is 5.02. The Bertz CT molecular complexity index is 521. The van der Waals surface area contributed by atoms with Gasteiger partial charge in [0.2, 0.25) is 5.91 Å². The van der Waals surface area contributed by atoms with Crippen molar-refractivity contribution in [1.82, 2.24) is 9.80 Å². The number of amides is 1. The number of hydrogen-bond acceptors (Lipinski definition) is 3. The number of rotatable bonds is 8. The number of nitrogens with two attached hydrogens (primary N) is 1. The maximum Gasteiger partial charge on any atom is 0.242 e. The zero-order valence-electron chi connectivity index (χ0n) is 15.9. The van der Waals surface area contributed by atoms with Gasteiger partial charge in [0.25, 0.3) is 0 Å². The van der Waals surface area contributed by atoms with Gasteiger partial charge in [-0.3, -0.25) is 9.69 Å². The zero-order chi connectivity index (χ0) is 17.6. The van der Waals surface area contributed by atoms with Crippen molar-refractivity contribution in [2.75, 3.05) is 26.2 Å². The van der Waals surface area contributed by atoms with Crippen LogP contribution in [-0.2, 0) is 11.3 Å².